The fraction of sp³-hybridized carbons (Fsp3) is 0.133. The molecule has 2 aromatic rings. The number of anilines is 1. The molecule has 2 aromatic carbocycles. The van der Waals surface area contributed by atoms with Crippen molar-refractivity contribution in [3.8, 4) is 5.75 Å². The first kappa shape index (κ1) is 17.6. The van der Waals surface area contributed by atoms with E-state index >= 15 is 0 Å². The van der Waals surface area contributed by atoms with E-state index in [0.717, 1.165) is 11.6 Å². The van der Waals surface area contributed by atoms with Crippen LogP contribution in [-0.2, 0) is 21.6 Å². The van der Waals surface area contributed by atoms with Gasteiger partial charge in [0, 0.05) is 0 Å². The van der Waals surface area contributed by atoms with Gasteiger partial charge in [0.15, 0.2) is 11.6 Å². The van der Waals surface area contributed by atoms with Gasteiger partial charge in [0.2, 0.25) is 0 Å². The Morgan fingerprint density at radius 3 is 2.48 bits per heavy atom. The van der Waals surface area contributed by atoms with Gasteiger partial charge in [0.25, 0.3) is 5.91 Å². The number of carbonyl (C=O) groups excluding carboxylic acids is 1. The molecule has 0 unspecified atom stereocenters. The van der Waals surface area contributed by atoms with Crippen molar-refractivity contribution in [3.05, 3.63) is 58.1 Å². The molecule has 1 amide bonds. The maximum absolute atomic E-state index is 14.4. The Kier molecular flexibility index (Phi) is 4.65. The van der Waals surface area contributed by atoms with Crippen LogP contribution in [-0.4, -0.2) is 20.9 Å². The standard InChI is InChI=1S/C15H11BrF2N2O4S/c16-10-6-11(24-8-9-4-2-1-3-5-9)15(14(18)13(10)17)20-7-12(21)19-25(20,22)23/h1-6H,7-8H2,(H,19,21). The third-order valence-electron chi connectivity index (χ3n) is 3.41. The number of halogens is 3. The van der Waals surface area contributed by atoms with Gasteiger partial charge in [-0.05, 0) is 27.6 Å². The second-order valence-electron chi connectivity index (χ2n) is 5.14. The Balaban J connectivity index is 2.04. The maximum Gasteiger partial charge on any atom is 0.326 e. The Bertz CT molecular complexity index is 938. The third-order valence-corrected chi connectivity index (χ3v) is 5.36. The van der Waals surface area contributed by atoms with Crippen molar-refractivity contribution >= 4 is 37.7 Å². The second kappa shape index (κ2) is 6.60. The topological polar surface area (TPSA) is 75.7 Å². The van der Waals surface area contributed by atoms with Crippen LogP contribution in [0.1, 0.15) is 5.56 Å². The molecule has 0 saturated carbocycles. The Labute approximate surface area is 150 Å². The highest BCUT2D eigenvalue weighted by Gasteiger charge is 2.39. The van der Waals surface area contributed by atoms with Crippen molar-refractivity contribution in [2.24, 2.45) is 0 Å². The zero-order chi connectivity index (χ0) is 18.2. The fourth-order valence-corrected chi connectivity index (χ4v) is 3.83. The number of carbonyl (C=O) groups is 1. The van der Waals surface area contributed by atoms with Crippen molar-refractivity contribution in [3.63, 3.8) is 0 Å². The van der Waals surface area contributed by atoms with E-state index in [4.69, 9.17) is 4.74 Å². The molecule has 25 heavy (non-hydrogen) atoms. The normalized spacial score (nSPS) is 16.0. The van der Waals surface area contributed by atoms with Crippen LogP contribution in [0.3, 0.4) is 0 Å². The van der Waals surface area contributed by atoms with Crippen LogP contribution >= 0.6 is 15.9 Å². The summed E-state index contributed by atoms with van der Waals surface area (Å²) < 4.78 is 59.8. The number of hydrogen-bond donors (Lipinski definition) is 1. The second-order valence-corrected chi connectivity index (χ2v) is 7.59. The summed E-state index contributed by atoms with van der Waals surface area (Å²) in [4.78, 5) is 11.4. The minimum absolute atomic E-state index is 0.000610. The number of ether oxygens (including phenoxy) is 1. The van der Waals surface area contributed by atoms with Crippen LogP contribution in [0.25, 0.3) is 0 Å². The summed E-state index contributed by atoms with van der Waals surface area (Å²) in [5, 5.41) is 0. The highest BCUT2D eigenvalue weighted by molar-refractivity contribution is 9.10. The average Bonchev–Trinajstić information content (AvgIpc) is 2.84. The van der Waals surface area contributed by atoms with Gasteiger partial charge in [0.05, 0.1) is 4.47 Å². The molecular formula is C15H11BrF2N2O4S. The first-order chi connectivity index (χ1) is 11.8. The molecule has 3 rings (SSSR count). The van der Waals surface area contributed by atoms with E-state index in [0.29, 0.717) is 4.31 Å². The summed E-state index contributed by atoms with van der Waals surface area (Å²) in [6, 6.07) is 9.98. The summed E-state index contributed by atoms with van der Waals surface area (Å²) in [5.41, 5.74) is 0.0859. The van der Waals surface area contributed by atoms with Crippen molar-refractivity contribution in [2.75, 3.05) is 10.8 Å². The monoisotopic (exact) mass is 432 g/mol. The Morgan fingerprint density at radius 2 is 1.88 bits per heavy atom. The molecule has 6 nitrogen and oxygen atoms in total. The molecule has 1 N–H and O–H groups in total. The van der Waals surface area contributed by atoms with Crippen LogP contribution < -0.4 is 13.8 Å². The van der Waals surface area contributed by atoms with Gasteiger partial charge >= 0.3 is 10.2 Å². The van der Waals surface area contributed by atoms with E-state index in [9.17, 15) is 22.0 Å². The van der Waals surface area contributed by atoms with Crippen molar-refractivity contribution < 1.29 is 26.7 Å². The lowest BCUT2D eigenvalue weighted by Gasteiger charge is -2.20. The molecule has 0 aromatic heterocycles. The summed E-state index contributed by atoms with van der Waals surface area (Å²) in [5.74, 6) is -3.78. The highest BCUT2D eigenvalue weighted by atomic mass is 79.9. The molecule has 0 radical (unpaired) electrons. The molecule has 10 heteroatoms. The quantitative estimate of drug-likeness (QED) is 0.753. The number of nitrogens with one attached hydrogen (secondary N) is 1. The molecule has 0 bridgehead atoms. The van der Waals surface area contributed by atoms with Crippen molar-refractivity contribution in [1.29, 1.82) is 0 Å². The zero-order valence-electron chi connectivity index (χ0n) is 12.5. The Hall–Kier alpha value is -2.20. The molecule has 1 aliphatic rings. The van der Waals surface area contributed by atoms with Crippen LogP contribution in [0.4, 0.5) is 14.5 Å². The molecule has 1 aliphatic heterocycles. The molecule has 0 spiro atoms. The van der Waals surface area contributed by atoms with E-state index in [1.54, 1.807) is 35.1 Å². The van der Waals surface area contributed by atoms with E-state index in [1.807, 2.05) is 0 Å². The van der Waals surface area contributed by atoms with Gasteiger partial charge in [0.1, 0.15) is 24.6 Å². The van der Waals surface area contributed by atoms with E-state index in [-0.39, 0.29) is 16.8 Å². The van der Waals surface area contributed by atoms with Gasteiger partial charge in [-0.25, -0.2) is 17.8 Å². The van der Waals surface area contributed by atoms with E-state index < -0.39 is 40.0 Å². The molecular weight excluding hydrogens is 422 g/mol. The fourth-order valence-electron chi connectivity index (χ4n) is 2.29. The predicted molar refractivity (Wildman–Crippen MR) is 89.2 cm³/mol. The highest BCUT2D eigenvalue weighted by Crippen LogP contribution is 2.39. The van der Waals surface area contributed by atoms with Gasteiger partial charge < -0.3 is 4.74 Å². The number of rotatable bonds is 4. The Morgan fingerprint density at radius 1 is 1.20 bits per heavy atom. The lowest BCUT2D eigenvalue weighted by atomic mass is 10.2. The van der Waals surface area contributed by atoms with Crippen molar-refractivity contribution in [1.82, 2.24) is 4.72 Å². The van der Waals surface area contributed by atoms with Crippen LogP contribution in [0.15, 0.2) is 40.9 Å². The number of amides is 1. The van der Waals surface area contributed by atoms with Crippen LogP contribution in [0.2, 0.25) is 0 Å². The minimum Gasteiger partial charge on any atom is -0.487 e. The first-order valence-corrected chi connectivity index (χ1v) is 9.20. The molecule has 1 heterocycles. The maximum atomic E-state index is 14.4. The lowest BCUT2D eigenvalue weighted by Crippen LogP contribution is -2.30. The molecule has 1 fully saturated rings. The number of hydrogen-bond acceptors (Lipinski definition) is 4. The number of benzene rings is 2. The first-order valence-electron chi connectivity index (χ1n) is 6.97. The summed E-state index contributed by atoms with van der Waals surface area (Å²) in [7, 11) is -4.32. The van der Waals surface area contributed by atoms with E-state index in [2.05, 4.69) is 15.9 Å². The van der Waals surface area contributed by atoms with Gasteiger partial charge in [-0.1, -0.05) is 30.3 Å². The zero-order valence-corrected chi connectivity index (χ0v) is 14.9. The molecule has 132 valence electrons. The third kappa shape index (κ3) is 3.45. The van der Waals surface area contributed by atoms with E-state index in [1.165, 1.54) is 0 Å². The molecule has 0 aliphatic carbocycles. The van der Waals surface area contributed by atoms with Gasteiger partial charge in [-0.15, -0.1) is 0 Å². The van der Waals surface area contributed by atoms with Crippen LogP contribution in [0.5, 0.6) is 5.75 Å². The summed E-state index contributed by atoms with van der Waals surface area (Å²) in [6.07, 6.45) is 0. The minimum atomic E-state index is -4.32. The summed E-state index contributed by atoms with van der Waals surface area (Å²) >= 11 is 2.86. The summed E-state index contributed by atoms with van der Waals surface area (Å²) in [6.45, 7) is -0.664. The smallest absolute Gasteiger partial charge is 0.326 e. The molecule has 1 saturated heterocycles. The van der Waals surface area contributed by atoms with Crippen LogP contribution in [0, 0.1) is 11.6 Å². The largest absolute Gasteiger partial charge is 0.487 e. The number of nitrogens with zero attached hydrogens (tertiary/aromatic N) is 1. The van der Waals surface area contributed by atoms with Gasteiger partial charge in [-0.3, -0.25) is 4.79 Å². The average molecular weight is 433 g/mol. The van der Waals surface area contributed by atoms with Gasteiger partial charge in [-0.2, -0.15) is 8.42 Å². The predicted octanol–water partition coefficient (Wildman–Crippen LogP) is 2.49. The molecule has 0 atom stereocenters. The lowest BCUT2D eigenvalue weighted by molar-refractivity contribution is -0.117. The van der Waals surface area contributed by atoms with Crippen molar-refractivity contribution in [2.45, 2.75) is 6.61 Å². The SMILES string of the molecule is O=C1CN(c2c(OCc3ccccc3)cc(Br)c(F)c2F)S(=O)(=O)N1.